The number of phenols is 1. The number of hydrogen-bond donors (Lipinski definition) is 1. The zero-order valence-corrected chi connectivity index (χ0v) is 16.7. The lowest BCUT2D eigenvalue weighted by molar-refractivity contribution is -0.136. The first-order valence-electron chi connectivity index (χ1n) is 8.31. The first-order valence-corrected chi connectivity index (χ1v) is 9.75. The summed E-state index contributed by atoms with van der Waals surface area (Å²) in [5.41, 5.74) is -0.0417. The van der Waals surface area contributed by atoms with E-state index in [9.17, 15) is 18.3 Å². The van der Waals surface area contributed by atoms with E-state index in [0.717, 1.165) is 4.31 Å². The van der Waals surface area contributed by atoms with Crippen LogP contribution < -0.4 is 0 Å². The minimum absolute atomic E-state index is 0.0528. The number of amides is 1. The van der Waals surface area contributed by atoms with Crippen molar-refractivity contribution >= 4 is 15.9 Å². The quantitative estimate of drug-likeness (QED) is 0.796. The lowest BCUT2D eigenvalue weighted by atomic mass is 10.0. The molecule has 25 heavy (non-hydrogen) atoms. The molecule has 0 heterocycles. The highest BCUT2D eigenvalue weighted by Crippen LogP contribution is 2.33. The molecular weight excluding hydrogens is 342 g/mol. The fourth-order valence-electron chi connectivity index (χ4n) is 2.22. The van der Waals surface area contributed by atoms with E-state index >= 15 is 0 Å². The number of phenolic OH excluding ortho intramolecular Hbond substituents is 1. The van der Waals surface area contributed by atoms with Crippen LogP contribution in [0.25, 0.3) is 0 Å². The maximum absolute atomic E-state index is 13.2. The van der Waals surface area contributed by atoms with E-state index in [4.69, 9.17) is 4.74 Å². The van der Waals surface area contributed by atoms with Crippen molar-refractivity contribution in [1.82, 2.24) is 4.31 Å². The van der Waals surface area contributed by atoms with E-state index in [1.807, 2.05) is 6.92 Å². The number of carbonyl (C=O) groups is 1. The molecule has 1 amide bonds. The van der Waals surface area contributed by atoms with Gasteiger partial charge in [0.05, 0.1) is 5.60 Å². The number of ether oxygens (including phenoxy) is 1. The molecule has 1 aromatic carbocycles. The smallest absolute Gasteiger partial charge is 0.262 e. The summed E-state index contributed by atoms with van der Waals surface area (Å²) in [7, 11) is -3.97. The zero-order chi connectivity index (χ0) is 19.5. The van der Waals surface area contributed by atoms with Crippen molar-refractivity contribution in [2.45, 2.75) is 58.3 Å². The minimum atomic E-state index is -3.97. The molecule has 0 unspecified atom stereocenters. The second-order valence-corrected chi connectivity index (χ2v) is 9.84. The van der Waals surface area contributed by atoms with Crippen LogP contribution in [0.15, 0.2) is 24.3 Å². The van der Waals surface area contributed by atoms with Gasteiger partial charge < -0.3 is 9.84 Å². The summed E-state index contributed by atoms with van der Waals surface area (Å²) in [6, 6.07) is 5.96. The van der Waals surface area contributed by atoms with E-state index in [1.165, 1.54) is 12.1 Å². The molecule has 0 aliphatic heterocycles. The highest BCUT2D eigenvalue weighted by Gasteiger charge is 2.42. The Morgan fingerprint density at radius 1 is 1.12 bits per heavy atom. The van der Waals surface area contributed by atoms with Crippen LogP contribution in [0, 0.1) is 0 Å². The number of sulfonamides is 1. The molecule has 0 saturated heterocycles. The van der Waals surface area contributed by atoms with Crippen LogP contribution in [-0.4, -0.2) is 42.5 Å². The Bertz CT molecular complexity index is 687. The Morgan fingerprint density at radius 2 is 1.64 bits per heavy atom. The normalized spacial score (nSPS) is 12.9. The van der Waals surface area contributed by atoms with E-state index in [2.05, 4.69) is 0 Å². The van der Waals surface area contributed by atoms with Crippen LogP contribution in [0.3, 0.4) is 0 Å². The van der Waals surface area contributed by atoms with Crippen molar-refractivity contribution in [1.29, 1.82) is 0 Å². The summed E-state index contributed by atoms with van der Waals surface area (Å²) in [5, 5.41) is 9.42. The molecule has 0 saturated carbocycles. The first-order chi connectivity index (χ1) is 11.3. The van der Waals surface area contributed by atoms with Gasteiger partial charge in [-0.2, -0.15) is 0 Å². The fraction of sp³-hybridized carbons (Fsp3) is 0.611. The van der Waals surface area contributed by atoms with Crippen LogP contribution >= 0.6 is 0 Å². The summed E-state index contributed by atoms with van der Waals surface area (Å²) in [6.07, 6.45) is 0.506. The molecule has 0 bridgehead atoms. The van der Waals surface area contributed by atoms with Gasteiger partial charge in [-0.1, -0.05) is 19.1 Å². The van der Waals surface area contributed by atoms with Gasteiger partial charge >= 0.3 is 0 Å². The molecule has 0 fully saturated rings. The molecule has 0 aromatic heterocycles. The molecule has 0 aliphatic carbocycles. The van der Waals surface area contributed by atoms with Crippen molar-refractivity contribution in [3.63, 3.8) is 0 Å². The molecule has 1 aromatic rings. The van der Waals surface area contributed by atoms with Gasteiger partial charge in [-0.05, 0) is 58.7 Å². The van der Waals surface area contributed by atoms with Crippen molar-refractivity contribution < 1.29 is 23.1 Å². The molecule has 1 N–H and O–H groups in total. The third kappa shape index (κ3) is 5.19. The second-order valence-electron chi connectivity index (χ2n) is 7.43. The Labute approximate surface area is 150 Å². The zero-order valence-electron chi connectivity index (χ0n) is 15.9. The van der Waals surface area contributed by atoms with Crippen molar-refractivity contribution in [2.24, 2.45) is 0 Å². The molecule has 0 atom stereocenters. The van der Waals surface area contributed by atoms with Gasteiger partial charge in [0.15, 0.2) is 0 Å². The summed E-state index contributed by atoms with van der Waals surface area (Å²) in [6.45, 7) is 10.1. The minimum Gasteiger partial charge on any atom is -0.508 e. The second kappa shape index (κ2) is 7.74. The van der Waals surface area contributed by atoms with Gasteiger partial charge in [0.25, 0.3) is 5.91 Å². The van der Waals surface area contributed by atoms with Crippen LogP contribution in [0.1, 0.15) is 53.5 Å². The van der Waals surface area contributed by atoms with Gasteiger partial charge in [-0.15, -0.1) is 0 Å². The SMILES string of the molecule is CCCN(C(=O)COC(C)(C)C)S(=O)(=O)C(C)(C)c1ccc(O)cc1. The number of hydrogen-bond acceptors (Lipinski definition) is 5. The van der Waals surface area contributed by atoms with Gasteiger partial charge in [0.1, 0.15) is 17.1 Å². The molecule has 0 aliphatic rings. The summed E-state index contributed by atoms with van der Waals surface area (Å²) < 4.78 is 31.4. The van der Waals surface area contributed by atoms with E-state index in [0.29, 0.717) is 12.0 Å². The number of nitrogens with zero attached hydrogens (tertiary/aromatic N) is 1. The summed E-state index contributed by atoms with van der Waals surface area (Å²) in [4.78, 5) is 12.5. The van der Waals surface area contributed by atoms with Gasteiger partial charge in [0.2, 0.25) is 10.0 Å². The molecule has 0 spiro atoms. The van der Waals surface area contributed by atoms with E-state index in [-0.39, 0.29) is 18.9 Å². The highest BCUT2D eigenvalue weighted by atomic mass is 32.2. The maximum atomic E-state index is 13.2. The third-order valence-electron chi connectivity index (χ3n) is 3.83. The van der Waals surface area contributed by atoms with Crippen LogP contribution in [-0.2, 0) is 24.3 Å². The van der Waals surface area contributed by atoms with Crippen molar-refractivity contribution in [3.05, 3.63) is 29.8 Å². The van der Waals surface area contributed by atoms with Gasteiger partial charge in [0, 0.05) is 6.54 Å². The number of carbonyl (C=O) groups excluding carboxylic acids is 1. The number of rotatable bonds is 7. The average molecular weight is 371 g/mol. The predicted molar refractivity (Wildman–Crippen MR) is 97.8 cm³/mol. The lowest BCUT2D eigenvalue weighted by Gasteiger charge is -2.33. The standard InChI is InChI=1S/C18H29NO5S/c1-7-12-19(16(21)13-24-17(2,3)4)25(22,23)18(5,6)14-8-10-15(20)11-9-14/h8-11,20H,7,12-13H2,1-6H3. The van der Waals surface area contributed by atoms with E-state index < -0.39 is 26.3 Å². The maximum Gasteiger partial charge on any atom is 0.262 e. The largest absolute Gasteiger partial charge is 0.508 e. The van der Waals surface area contributed by atoms with Gasteiger partial charge in [-0.25, -0.2) is 12.7 Å². The molecule has 142 valence electrons. The predicted octanol–water partition coefficient (Wildman–Crippen LogP) is 3.01. The topological polar surface area (TPSA) is 83.9 Å². The Kier molecular flexibility index (Phi) is 6.64. The van der Waals surface area contributed by atoms with Crippen LogP contribution in [0.4, 0.5) is 0 Å². The first kappa shape index (κ1) is 21.4. The monoisotopic (exact) mass is 371 g/mol. The molecule has 6 nitrogen and oxygen atoms in total. The number of benzene rings is 1. The summed E-state index contributed by atoms with van der Waals surface area (Å²) >= 11 is 0. The van der Waals surface area contributed by atoms with Crippen molar-refractivity contribution in [3.8, 4) is 5.75 Å². The van der Waals surface area contributed by atoms with Crippen LogP contribution in [0.2, 0.25) is 0 Å². The Morgan fingerprint density at radius 3 is 2.08 bits per heavy atom. The molecule has 7 heteroatoms. The van der Waals surface area contributed by atoms with E-state index in [1.54, 1.807) is 46.8 Å². The van der Waals surface area contributed by atoms with Gasteiger partial charge in [-0.3, -0.25) is 4.79 Å². The molecule has 0 radical (unpaired) electrons. The molecular formula is C18H29NO5S. The number of aromatic hydroxyl groups is 1. The fourth-order valence-corrected chi connectivity index (χ4v) is 3.95. The summed E-state index contributed by atoms with van der Waals surface area (Å²) in [5.74, 6) is -0.527. The Balaban J connectivity index is 3.18. The Hall–Kier alpha value is -1.60. The van der Waals surface area contributed by atoms with Crippen LogP contribution in [0.5, 0.6) is 5.75 Å². The highest BCUT2D eigenvalue weighted by molar-refractivity contribution is 7.90. The average Bonchev–Trinajstić information content (AvgIpc) is 2.49. The van der Waals surface area contributed by atoms with Crippen molar-refractivity contribution in [2.75, 3.05) is 13.2 Å². The lowest BCUT2D eigenvalue weighted by Crippen LogP contribution is -2.48. The molecule has 1 rings (SSSR count). The third-order valence-corrected chi connectivity index (χ3v) is 6.32.